The summed E-state index contributed by atoms with van der Waals surface area (Å²) >= 11 is 6.08. The Bertz CT molecular complexity index is 1180. The molecule has 0 unspecified atom stereocenters. The third-order valence-corrected chi connectivity index (χ3v) is 4.51. The van der Waals surface area contributed by atoms with Crippen molar-refractivity contribution in [2.75, 3.05) is 23.1 Å². The Labute approximate surface area is 183 Å². The fourth-order valence-electron chi connectivity index (χ4n) is 2.77. The van der Waals surface area contributed by atoms with Gasteiger partial charge in [0.1, 0.15) is 17.9 Å². The minimum Gasteiger partial charge on any atom is -0.495 e. The number of benzene rings is 2. The van der Waals surface area contributed by atoms with Gasteiger partial charge in [0.25, 0.3) is 0 Å². The van der Waals surface area contributed by atoms with E-state index in [0.29, 0.717) is 33.8 Å². The molecule has 0 aliphatic carbocycles. The molecule has 0 aliphatic heterocycles. The first-order valence-electron chi connectivity index (χ1n) is 9.21. The van der Waals surface area contributed by atoms with Gasteiger partial charge in [-0.2, -0.15) is 5.10 Å². The summed E-state index contributed by atoms with van der Waals surface area (Å²) in [5.74, 6) is 1.81. The molecule has 2 amide bonds. The molecule has 0 bridgehead atoms. The third kappa shape index (κ3) is 5.09. The van der Waals surface area contributed by atoms with E-state index >= 15 is 0 Å². The largest absolute Gasteiger partial charge is 0.495 e. The van der Waals surface area contributed by atoms with E-state index in [2.05, 4.69) is 31.0 Å². The predicted molar refractivity (Wildman–Crippen MR) is 120 cm³/mol. The van der Waals surface area contributed by atoms with Gasteiger partial charge in [-0.25, -0.2) is 19.4 Å². The molecular weight excluding hydrogens is 418 g/mol. The maximum atomic E-state index is 12.2. The summed E-state index contributed by atoms with van der Waals surface area (Å²) < 4.78 is 6.75. The molecule has 0 radical (unpaired) electrons. The second-order valence-corrected chi connectivity index (χ2v) is 6.75. The minimum atomic E-state index is -0.387. The number of anilines is 4. The standard InChI is InChI=1S/C21H18ClN7O2/c1-31-18-8-7-16(11-17(18)22)28-21(30)27-15-5-3-14(4-6-15)26-19-12-20(24-13-23-19)29-10-2-9-25-29/h2-13H,1H3,(H,23,24,26)(H2,27,28,30). The zero-order valence-corrected chi connectivity index (χ0v) is 17.2. The number of hydrogen-bond acceptors (Lipinski definition) is 6. The van der Waals surface area contributed by atoms with Gasteiger partial charge >= 0.3 is 6.03 Å². The average molecular weight is 436 g/mol. The Morgan fingerprint density at radius 1 is 1.00 bits per heavy atom. The van der Waals surface area contributed by atoms with Gasteiger partial charge in [0.05, 0.1) is 12.1 Å². The van der Waals surface area contributed by atoms with Crippen molar-refractivity contribution < 1.29 is 9.53 Å². The van der Waals surface area contributed by atoms with Gasteiger partial charge in [-0.3, -0.25) is 0 Å². The van der Waals surface area contributed by atoms with E-state index in [0.717, 1.165) is 5.69 Å². The van der Waals surface area contributed by atoms with Gasteiger partial charge in [0.2, 0.25) is 0 Å². The average Bonchev–Trinajstić information content (AvgIpc) is 3.31. The summed E-state index contributed by atoms with van der Waals surface area (Å²) in [5, 5.41) is 13.3. The molecule has 10 heteroatoms. The fourth-order valence-corrected chi connectivity index (χ4v) is 3.03. The van der Waals surface area contributed by atoms with Gasteiger partial charge in [0, 0.05) is 35.5 Å². The number of urea groups is 1. The molecule has 2 aromatic heterocycles. The minimum absolute atomic E-state index is 0.387. The fraction of sp³-hybridized carbons (Fsp3) is 0.0476. The van der Waals surface area contributed by atoms with Crippen molar-refractivity contribution in [3.05, 3.63) is 78.3 Å². The Balaban J connectivity index is 1.36. The van der Waals surface area contributed by atoms with E-state index in [-0.39, 0.29) is 6.03 Å². The zero-order valence-electron chi connectivity index (χ0n) is 16.4. The van der Waals surface area contributed by atoms with Crippen LogP contribution in [0.1, 0.15) is 0 Å². The van der Waals surface area contributed by atoms with Crippen LogP contribution in [0, 0.1) is 0 Å². The molecule has 0 atom stereocenters. The molecule has 0 saturated heterocycles. The van der Waals surface area contributed by atoms with Crippen LogP contribution in [0.2, 0.25) is 5.02 Å². The number of amides is 2. The molecular formula is C21H18ClN7O2. The predicted octanol–water partition coefficient (Wildman–Crippen LogP) is 4.71. The smallest absolute Gasteiger partial charge is 0.323 e. The topological polar surface area (TPSA) is 106 Å². The van der Waals surface area contributed by atoms with Gasteiger partial charge in [-0.05, 0) is 48.5 Å². The molecule has 9 nitrogen and oxygen atoms in total. The lowest BCUT2D eigenvalue weighted by Gasteiger charge is -2.11. The zero-order chi connectivity index (χ0) is 21.6. The molecule has 0 spiro atoms. The summed E-state index contributed by atoms with van der Waals surface area (Å²) in [5.41, 5.74) is 1.99. The van der Waals surface area contributed by atoms with Crippen molar-refractivity contribution in [1.82, 2.24) is 19.7 Å². The van der Waals surface area contributed by atoms with E-state index in [9.17, 15) is 4.79 Å². The number of hydrogen-bond donors (Lipinski definition) is 3. The highest BCUT2D eigenvalue weighted by Crippen LogP contribution is 2.27. The van der Waals surface area contributed by atoms with Gasteiger partial charge in [-0.1, -0.05) is 11.6 Å². The molecule has 4 rings (SSSR count). The van der Waals surface area contributed by atoms with Gasteiger partial charge in [0.15, 0.2) is 5.82 Å². The molecule has 4 aromatic rings. The highest BCUT2D eigenvalue weighted by molar-refractivity contribution is 6.32. The highest BCUT2D eigenvalue weighted by Gasteiger charge is 2.07. The quantitative estimate of drug-likeness (QED) is 0.405. The third-order valence-electron chi connectivity index (χ3n) is 4.22. The molecule has 31 heavy (non-hydrogen) atoms. The van der Waals surface area contributed by atoms with Crippen LogP contribution in [0.5, 0.6) is 5.75 Å². The summed E-state index contributed by atoms with van der Waals surface area (Å²) in [6.45, 7) is 0. The van der Waals surface area contributed by atoms with E-state index < -0.39 is 0 Å². The van der Waals surface area contributed by atoms with E-state index in [1.54, 1.807) is 53.5 Å². The Kier molecular flexibility index (Phi) is 5.95. The molecule has 0 fully saturated rings. The van der Waals surface area contributed by atoms with Crippen LogP contribution in [0.15, 0.2) is 73.3 Å². The number of ether oxygens (including phenoxy) is 1. The van der Waals surface area contributed by atoms with Crippen molar-refractivity contribution >= 4 is 40.5 Å². The lowest BCUT2D eigenvalue weighted by Crippen LogP contribution is -2.19. The number of aromatic nitrogens is 4. The number of nitrogens with one attached hydrogen (secondary N) is 3. The number of carbonyl (C=O) groups excluding carboxylic acids is 1. The van der Waals surface area contributed by atoms with Crippen molar-refractivity contribution in [2.45, 2.75) is 0 Å². The Morgan fingerprint density at radius 2 is 1.74 bits per heavy atom. The van der Waals surface area contributed by atoms with Crippen LogP contribution >= 0.6 is 11.6 Å². The molecule has 156 valence electrons. The summed E-state index contributed by atoms with van der Waals surface area (Å²) in [4.78, 5) is 20.7. The highest BCUT2D eigenvalue weighted by atomic mass is 35.5. The van der Waals surface area contributed by atoms with Crippen LogP contribution in [-0.4, -0.2) is 32.9 Å². The lowest BCUT2D eigenvalue weighted by atomic mass is 10.2. The molecule has 2 heterocycles. The molecule has 0 aliphatic rings. The van der Waals surface area contributed by atoms with Gasteiger partial charge < -0.3 is 20.7 Å². The molecule has 3 N–H and O–H groups in total. The van der Waals surface area contributed by atoms with Crippen LogP contribution in [0.3, 0.4) is 0 Å². The van der Waals surface area contributed by atoms with Crippen LogP contribution in [-0.2, 0) is 0 Å². The van der Waals surface area contributed by atoms with Crippen LogP contribution < -0.4 is 20.7 Å². The number of nitrogens with zero attached hydrogens (tertiary/aromatic N) is 4. The Hall–Kier alpha value is -4.11. The van der Waals surface area contributed by atoms with E-state index in [1.165, 1.54) is 13.4 Å². The van der Waals surface area contributed by atoms with Gasteiger partial charge in [-0.15, -0.1) is 0 Å². The lowest BCUT2D eigenvalue weighted by molar-refractivity contribution is 0.262. The summed E-state index contributed by atoms with van der Waals surface area (Å²) in [7, 11) is 1.53. The van der Waals surface area contributed by atoms with Crippen molar-refractivity contribution in [2.24, 2.45) is 0 Å². The second-order valence-electron chi connectivity index (χ2n) is 6.34. The first-order valence-corrected chi connectivity index (χ1v) is 9.59. The summed E-state index contributed by atoms with van der Waals surface area (Å²) in [6, 6.07) is 15.4. The normalized spacial score (nSPS) is 10.4. The van der Waals surface area contributed by atoms with Crippen molar-refractivity contribution in [3.63, 3.8) is 0 Å². The maximum Gasteiger partial charge on any atom is 0.323 e. The molecule has 2 aromatic carbocycles. The van der Waals surface area contributed by atoms with Crippen molar-refractivity contribution in [3.8, 4) is 11.6 Å². The maximum absolute atomic E-state index is 12.2. The van der Waals surface area contributed by atoms with Crippen LogP contribution in [0.4, 0.5) is 27.7 Å². The van der Waals surface area contributed by atoms with E-state index in [1.807, 2.05) is 18.2 Å². The second kappa shape index (κ2) is 9.14. The van der Waals surface area contributed by atoms with Crippen molar-refractivity contribution in [1.29, 1.82) is 0 Å². The molecule has 0 saturated carbocycles. The number of rotatable bonds is 6. The number of carbonyl (C=O) groups is 1. The number of halogens is 1. The number of methoxy groups -OCH3 is 1. The Morgan fingerprint density at radius 3 is 2.45 bits per heavy atom. The summed E-state index contributed by atoms with van der Waals surface area (Å²) in [6.07, 6.45) is 4.95. The first-order chi connectivity index (χ1) is 15.1. The SMILES string of the molecule is COc1ccc(NC(=O)Nc2ccc(Nc3cc(-n4cccn4)ncn3)cc2)cc1Cl. The van der Waals surface area contributed by atoms with Crippen LogP contribution in [0.25, 0.3) is 5.82 Å². The van der Waals surface area contributed by atoms with E-state index in [4.69, 9.17) is 16.3 Å². The first kappa shape index (κ1) is 20.2. The monoisotopic (exact) mass is 435 g/mol.